The summed E-state index contributed by atoms with van der Waals surface area (Å²) in [7, 11) is 5.65. The van der Waals surface area contributed by atoms with Crippen molar-refractivity contribution in [1.29, 1.82) is 0 Å². The van der Waals surface area contributed by atoms with E-state index in [1.165, 1.54) is 11.0 Å². The van der Waals surface area contributed by atoms with Gasteiger partial charge in [0, 0.05) is 32.9 Å². The van der Waals surface area contributed by atoms with Gasteiger partial charge in [-0.1, -0.05) is 12.1 Å². The van der Waals surface area contributed by atoms with Crippen molar-refractivity contribution in [2.24, 2.45) is 0 Å². The topological polar surface area (TPSA) is 43.8 Å². The maximum atomic E-state index is 11.8. The molecule has 0 aliphatic carbocycles. The lowest BCUT2D eigenvalue weighted by molar-refractivity contribution is -0.127. The molecule has 0 saturated heterocycles. The van der Waals surface area contributed by atoms with Gasteiger partial charge in [0.15, 0.2) is 0 Å². The summed E-state index contributed by atoms with van der Waals surface area (Å²) in [4.78, 5) is 15.4. The molecule has 0 spiro atoms. The lowest BCUT2D eigenvalue weighted by atomic mass is 10.2. The Bertz CT molecular complexity index is 438. The molecule has 1 aromatic rings. The standard InChI is InChI=1S/C15H22N2O2/c1-12(11-18)17(4)15(19)10-7-13-5-8-14(9-6-13)16(2)3/h5-10,12,18H,11H2,1-4H3/b10-7+. The molecule has 0 bridgehead atoms. The second kappa shape index (κ2) is 6.95. The predicted molar refractivity (Wildman–Crippen MR) is 79.1 cm³/mol. The molecular formula is C15H22N2O2. The van der Waals surface area contributed by atoms with Gasteiger partial charge in [-0.15, -0.1) is 0 Å². The van der Waals surface area contributed by atoms with Crippen LogP contribution in [0, 0.1) is 0 Å². The zero-order chi connectivity index (χ0) is 14.4. The molecule has 19 heavy (non-hydrogen) atoms. The molecule has 1 aromatic carbocycles. The van der Waals surface area contributed by atoms with E-state index in [-0.39, 0.29) is 18.6 Å². The maximum absolute atomic E-state index is 11.8. The first kappa shape index (κ1) is 15.2. The van der Waals surface area contributed by atoms with Gasteiger partial charge in [0.2, 0.25) is 5.91 Å². The summed E-state index contributed by atoms with van der Waals surface area (Å²) >= 11 is 0. The molecule has 0 heterocycles. The molecule has 0 saturated carbocycles. The normalized spacial score (nSPS) is 12.5. The highest BCUT2D eigenvalue weighted by molar-refractivity contribution is 5.91. The summed E-state index contributed by atoms with van der Waals surface area (Å²) in [5, 5.41) is 9.00. The average Bonchev–Trinajstić information content (AvgIpc) is 2.43. The van der Waals surface area contributed by atoms with E-state index >= 15 is 0 Å². The van der Waals surface area contributed by atoms with Crippen LogP contribution < -0.4 is 4.90 Å². The molecule has 0 radical (unpaired) electrons. The molecule has 104 valence electrons. The zero-order valence-electron chi connectivity index (χ0n) is 12.0. The Morgan fingerprint density at radius 2 is 1.84 bits per heavy atom. The fourth-order valence-electron chi connectivity index (χ4n) is 1.51. The van der Waals surface area contributed by atoms with Gasteiger partial charge in [-0.25, -0.2) is 0 Å². The summed E-state index contributed by atoms with van der Waals surface area (Å²) in [5.41, 5.74) is 2.10. The number of carbonyl (C=O) groups excluding carboxylic acids is 1. The average molecular weight is 262 g/mol. The van der Waals surface area contributed by atoms with Gasteiger partial charge in [0.05, 0.1) is 12.6 Å². The van der Waals surface area contributed by atoms with Gasteiger partial charge < -0.3 is 14.9 Å². The second-order valence-corrected chi connectivity index (χ2v) is 4.80. The van der Waals surface area contributed by atoms with Gasteiger partial charge in [-0.3, -0.25) is 4.79 Å². The third-order valence-corrected chi connectivity index (χ3v) is 3.10. The van der Waals surface area contributed by atoms with Crippen LogP contribution in [0.5, 0.6) is 0 Å². The van der Waals surface area contributed by atoms with Gasteiger partial charge >= 0.3 is 0 Å². The van der Waals surface area contributed by atoms with Crippen LogP contribution in [0.3, 0.4) is 0 Å². The number of benzene rings is 1. The highest BCUT2D eigenvalue weighted by Gasteiger charge is 2.11. The summed E-state index contributed by atoms with van der Waals surface area (Å²) in [5.74, 6) is -0.113. The van der Waals surface area contributed by atoms with Crippen LogP contribution in [-0.4, -0.2) is 49.7 Å². The van der Waals surface area contributed by atoms with Gasteiger partial charge in [0.25, 0.3) is 0 Å². The number of carbonyl (C=O) groups is 1. The Balaban J connectivity index is 2.68. The van der Waals surface area contributed by atoms with Crippen molar-refractivity contribution in [3.05, 3.63) is 35.9 Å². The number of rotatable bonds is 5. The van der Waals surface area contributed by atoms with Gasteiger partial charge in [0.1, 0.15) is 0 Å². The van der Waals surface area contributed by atoms with Crippen LogP contribution in [-0.2, 0) is 4.79 Å². The lowest BCUT2D eigenvalue weighted by Gasteiger charge is -2.21. The minimum Gasteiger partial charge on any atom is -0.394 e. The van der Waals surface area contributed by atoms with Crippen LogP contribution >= 0.6 is 0 Å². The molecule has 0 aromatic heterocycles. The van der Waals surface area contributed by atoms with Crippen molar-refractivity contribution in [3.63, 3.8) is 0 Å². The molecule has 4 nitrogen and oxygen atoms in total. The maximum Gasteiger partial charge on any atom is 0.246 e. The molecule has 0 fully saturated rings. The van der Waals surface area contributed by atoms with E-state index in [0.29, 0.717) is 0 Å². The first-order chi connectivity index (χ1) is 8.95. The number of aliphatic hydroxyl groups excluding tert-OH is 1. The van der Waals surface area contributed by atoms with E-state index in [9.17, 15) is 4.79 Å². The highest BCUT2D eigenvalue weighted by Crippen LogP contribution is 2.13. The molecular weight excluding hydrogens is 240 g/mol. The summed E-state index contributed by atoms with van der Waals surface area (Å²) in [6, 6.07) is 7.77. The fourth-order valence-corrected chi connectivity index (χ4v) is 1.51. The van der Waals surface area contributed by atoms with E-state index in [2.05, 4.69) is 0 Å². The SMILES string of the molecule is CC(CO)N(C)C(=O)/C=C/c1ccc(N(C)C)cc1. The third-order valence-electron chi connectivity index (χ3n) is 3.10. The van der Waals surface area contributed by atoms with Crippen molar-refractivity contribution in [2.45, 2.75) is 13.0 Å². The highest BCUT2D eigenvalue weighted by atomic mass is 16.3. The summed E-state index contributed by atoms with van der Waals surface area (Å²) in [6.45, 7) is 1.77. The summed E-state index contributed by atoms with van der Waals surface area (Å²) in [6.07, 6.45) is 3.30. The fraction of sp³-hybridized carbons (Fsp3) is 0.400. The quantitative estimate of drug-likeness (QED) is 0.820. The van der Waals surface area contributed by atoms with E-state index in [1.807, 2.05) is 43.3 Å². The van der Waals surface area contributed by atoms with Crippen LogP contribution in [0.2, 0.25) is 0 Å². The number of aliphatic hydroxyl groups is 1. The molecule has 1 N–H and O–H groups in total. The number of likely N-dealkylation sites (N-methyl/N-ethyl adjacent to an activating group) is 1. The van der Waals surface area contributed by atoms with Crippen LogP contribution in [0.15, 0.2) is 30.3 Å². The number of hydrogen-bond donors (Lipinski definition) is 1. The van der Waals surface area contributed by atoms with E-state index < -0.39 is 0 Å². The van der Waals surface area contributed by atoms with Crippen LogP contribution in [0.4, 0.5) is 5.69 Å². The molecule has 0 aliphatic heterocycles. The van der Waals surface area contributed by atoms with Gasteiger partial charge in [-0.05, 0) is 30.7 Å². The third kappa shape index (κ3) is 4.41. The molecule has 1 unspecified atom stereocenters. The van der Waals surface area contributed by atoms with Crippen LogP contribution in [0.25, 0.3) is 6.08 Å². The van der Waals surface area contributed by atoms with E-state index in [0.717, 1.165) is 11.3 Å². The molecule has 1 atom stereocenters. The zero-order valence-corrected chi connectivity index (χ0v) is 12.0. The van der Waals surface area contributed by atoms with Crippen molar-refractivity contribution >= 4 is 17.7 Å². The van der Waals surface area contributed by atoms with E-state index in [1.54, 1.807) is 20.0 Å². The first-order valence-corrected chi connectivity index (χ1v) is 6.29. The monoisotopic (exact) mass is 262 g/mol. The minimum absolute atomic E-state index is 0.0341. The smallest absolute Gasteiger partial charge is 0.246 e. The van der Waals surface area contributed by atoms with Crippen molar-refractivity contribution in [2.75, 3.05) is 32.6 Å². The Morgan fingerprint density at radius 1 is 1.26 bits per heavy atom. The first-order valence-electron chi connectivity index (χ1n) is 6.29. The number of nitrogens with zero attached hydrogens (tertiary/aromatic N) is 2. The number of anilines is 1. The Hall–Kier alpha value is -1.81. The Kier molecular flexibility index (Phi) is 5.57. The predicted octanol–water partition coefficient (Wildman–Crippen LogP) is 1.61. The van der Waals surface area contributed by atoms with Crippen LogP contribution in [0.1, 0.15) is 12.5 Å². The van der Waals surface area contributed by atoms with Crippen molar-refractivity contribution in [1.82, 2.24) is 4.90 Å². The number of hydrogen-bond acceptors (Lipinski definition) is 3. The summed E-state index contributed by atoms with van der Waals surface area (Å²) < 4.78 is 0. The second-order valence-electron chi connectivity index (χ2n) is 4.80. The molecule has 1 rings (SSSR count). The number of amides is 1. The van der Waals surface area contributed by atoms with E-state index in [4.69, 9.17) is 5.11 Å². The Labute approximate surface area is 115 Å². The van der Waals surface area contributed by atoms with Crippen molar-refractivity contribution < 1.29 is 9.90 Å². The largest absolute Gasteiger partial charge is 0.394 e. The molecule has 1 amide bonds. The van der Waals surface area contributed by atoms with Crippen molar-refractivity contribution in [3.8, 4) is 0 Å². The molecule has 4 heteroatoms. The molecule has 0 aliphatic rings. The lowest BCUT2D eigenvalue weighted by Crippen LogP contribution is -2.36. The minimum atomic E-state index is -0.173. The van der Waals surface area contributed by atoms with Gasteiger partial charge in [-0.2, -0.15) is 0 Å². The Morgan fingerprint density at radius 3 is 2.32 bits per heavy atom.